The summed E-state index contributed by atoms with van der Waals surface area (Å²) in [7, 11) is 0. The Morgan fingerprint density at radius 2 is 2.04 bits per heavy atom. The van der Waals surface area contributed by atoms with E-state index in [1.165, 1.54) is 6.07 Å². The zero-order valence-corrected chi connectivity index (χ0v) is 14.5. The van der Waals surface area contributed by atoms with Gasteiger partial charge in [0.1, 0.15) is 5.82 Å². The number of thiazole rings is 1. The van der Waals surface area contributed by atoms with Crippen molar-refractivity contribution in [1.29, 1.82) is 0 Å². The van der Waals surface area contributed by atoms with Gasteiger partial charge in [-0.15, -0.1) is 11.3 Å². The maximum atomic E-state index is 13.6. The highest BCUT2D eigenvalue weighted by Crippen LogP contribution is 2.12. The molecule has 1 aromatic carbocycles. The van der Waals surface area contributed by atoms with Crippen LogP contribution in [0.3, 0.4) is 0 Å². The van der Waals surface area contributed by atoms with Gasteiger partial charge in [-0.3, -0.25) is 4.90 Å². The lowest BCUT2D eigenvalue weighted by molar-refractivity contribution is 0.134. The third kappa shape index (κ3) is 4.30. The first-order chi connectivity index (χ1) is 11.6. The normalized spacial score (nSPS) is 15.5. The molecule has 7 heteroatoms. The largest absolute Gasteiger partial charge is 0.334 e. The van der Waals surface area contributed by atoms with E-state index in [0.29, 0.717) is 18.7 Å². The molecule has 0 atom stereocenters. The second-order valence-corrected chi connectivity index (χ2v) is 6.93. The van der Waals surface area contributed by atoms with Gasteiger partial charge in [0.2, 0.25) is 0 Å². The van der Waals surface area contributed by atoms with Gasteiger partial charge < -0.3 is 10.2 Å². The predicted molar refractivity (Wildman–Crippen MR) is 92.3 cm³/mol. The molecule has 0 radical (unpaired) electrons. The smallest absolute Gasteiger partial charge is 0.317 e. The number of amides is 2. The van der Waals surface area contributed by atoms with Crippen molar-refractivity contribution in [3.63, 3.8) is 0 Å². The lowest BCUT2D eigenvalue weighted by atomic mass is 10.2. The van der Waals surface area contributed by atoms with Crippen molar-refractivity contribution in [3.05, 3.63) is 51.7 Å². The molecule has 1 aliphatic rings. The second-order valence-electron chi connectivity index (χ2n) is 5.87. The maximum Gasteiger partial charge on any atom is 0.317 e. The zero-order valence-electron chi connectivity index (χ0n) is 13.7. The zero-order chi connectivity index (χ0) is 16.9. The first-order valence-corrected chi connectivity index (χ1v) is 8.89. The van der Waals surface area contributed by atoms with Crippen molar-refractivity contribution in [1.82, 2.24) is 20.1 Å². The molecule has 24 heavy (non-hydrogen) atoms. The van der Waals surface area contributed by atoms with E-state index < -0.39 is 0 Å². The number of aromatic nitrogens is 1. The number of carbonyl (C=O) groups excluding carboxylic acids is 1. The molecule has 1 aromatic heterocycles. The highest BCUT2D eigenvalue weighted by atomic mass is 32.1. The topological polar surface area (TPSA) is 48.5 Å². The Morgan fingerprint density at radius 3 is 2.71 bits per heavy atom. The van der Waals surface area contributed by atoms with E-state index >= 15 is 0 Å². The predicted octanol–water partition coefficient (Wildman–Crippen LogP) is 2.62. The van der Waals surface area contributed by atoms with Crippen LogP contribution in [0.5, 0.6) is 0 Å². The fourth-order valence-corrected chi connectivity index (χ4v) is 3.35. The molecule has 0 saturated carbocycles. The van der Waals surface area contributed by atoms with E-state index in [1.54, 1.807) is 34.4 Å². The summed E-state index contributed by atoms with van der Waals surface area (Å²) in [6, 6.07) is 6.36. The number of urea groups is 1. The number of nitrogens with zero attached hydrogens (tertiary/aromatic N) is 3. The Kier molecular flexibility index (Phi) is 5.42. The number of hydrogen-bond acceptors (Lipinski definition) is 4. The molecule has 2 amide bonds. The van der Waals surface area contributed by atoms with Crippen LogP contribution in [-0.4, -0.2) is 47.0 Å². The van der Waals surface area contributed by atoms with Crippen LogP contribution in [0, 0.1) is 12.7 Å². The van der Waals surface area contributed by atoms with Crippen molar-refractivity contribution in [3.8, 4) is 0 Å². The minimum atomic E-state index is -0.291. The summed E-state index contributed by atoms with van der Waals surface area (Å²) in [5.74, 6) is -0.291. The van der Waals surface area contributed by atoms with Crippen LogP contribution >= 0.6 is 11.3 Å². The molecule has 5 nitrogen and oxygen atoms in total. The Balaban J connectivity index is 1.44. The van der Waals surface area contributed by atoms with Crippen LogP contribution < -0.4 is 5.32 Å². The molecule has 0 unspecified atom stereocenters. The van der Waals surface area contributed by atoms with Crippen molar-refractivity contribution >= 4 is 17.4 Å². The Morgan fingerprint density at radius 1 is 1.29 bits per heavy atom. The molecule has 128 valence electrons. The molecule has 0 bridgehead atoms. The standard InChI is InChI=1S/C17H21FN4OS/c1-13-20-15(12-24-13)11-21-6-8-22(9-7-21)17(23)19-10-14-4-2-3-5-16(14)18/h2-5,12H,6-11H2,1H3,(H,19,23). The number of aryl methyl sites for hydroxylation is 1. The van der Waals surface area contributed by atoms with Crippen LogP contribution in [0.25, 0.3) is 0 Å². The average molecular weight is 348 g/mol. The van der Waals surface area contributed by atoms with Gasteiger partial charge in [0, 0.05) is 50.2 Å². The molecule has 1 N–H and O–H groups in total. The van der Waals surface area contributed by atoms with Crippen LogP contribution in [0.15, 0.2) is 29.6 Å². The Bertz CT molecular complexity index is 697. The number of carbonyl (C=O) groups is 1. The summed E-state index contributed by atoms with van der Waals surface area (Å²) < 4.78 is 13.6. The lowest BCUT2D eigenvalue weighted by Crippen LogP contribution is -2.51. The summed E-state index contributed by atoms with van der Waals surface area (Å²) >= 11 is 1.66. The van der Waals surface area contributed by atoms with Gasteiger partial charge in [-0.05, 0) is 13.0 Å². The van der Waals surface area contributed by atoms with Gasteiger partial charge in [-0.1, -0.05) is 18.2 Å². The van der Waals surface area contributed by atoms with Crippen LogP contribution in [0.2, 0.25) is 0 Å². The van der Waals surface area contributed by atoms with E-state index in [4.69, 9.17) is 0 Å². The van der Waals surface area contributed by atoms with Crippen molar-refractivity contribution < 1.29 is 9.18 Å². The highest BCUT2D eigenvalue weighted by Gasteiger charge is 2.21. The number of halogens is 1. The molecule has 0 aliphatic carbocycles. The number of piperazine rings is 1. The molecule has 2 aromatic rings. The number of rotatable bonds is 4. The van der Waals surface area contributed by atoms with Gasteiger partial charge in [0.05, 0.1) is 10.7 Å². The van der Waals surface area contributed by atoms with Crippen molar-refractivity contribution in [2.45, 2.75) is 20.0 Å². The molecule has 3 rings (SSSR count). The summed E-state index contributed by atoms with van der Waals surface area (Å²) in [4.78, 5) is 20.8. The lowest BCUT2D eigenvalue weighted by Gasteiger charge is -2.34. The summed E-state index contributed by atoms with van der Waals surface area (Å²) in [5, 5.41) is 5.96. The minimum absolute atomic E-state index is 0.137. The fraction of sp³-hybridized carbons (Fsp3) is 0.412. The van der Waals surface area contributed by atoms with E-state index in [9.17, 15) is 9.18 Å². The Hall–Kier alpha value is -1.99. The summed E-state index contributed by atoms with van der Waals surface area (Å²) in [6.45, 7) is 6.04. The van der Waals surface area contributed by atoms with Gasteiger partial charge in [-0.25, -0.2) is 14.2 Å². The van der Waals surface area contributed by atoms with Gasteiger partial charge in [0.15, 0.2) is 0 Å². The first kappa shape index (κ1) is 16.9. The summed E-state index contributed by atoms with van der Waals surface area (Å²) in [6.07, 6.45) is 0. The summed E-state index contributed by atoms with van der Waals surface area (Å²) in [5.41, 5.74) is 1.60. The molecule has 0 spiro atoms. The number of benzene rings is 1. The first-order valence-electron chi connectivity index (χ1n) is 8.01. The highest BCUT2D eigenvalue weighted by molar-refractivity contribution is 7.09. The maximum absolute atomic E-state index is 13.6. The van der Waals surface area contributed by atoms with Gasteiger partial charge in [-0.2, -0.15) is 0 Å². The molecular formula is C17H21FN4OS. The quantitative estimate of drug-likeness (QED) is 0.924. The van der Waals surface area contributed by atoms with Gasteiger partial charge in [0.25, 0.3) is 0 Å². The van der Waals surface area contributed by atoms with Crippen LogP contribution in [0.1, 0.15) is 16.3 Å². The van der Waals surface area contributed by atoms with E-state index in [-0.39, 0.29) is 18.4 Å². The molecule has 2 heterocycles. The van der Waals surface area contributed by atoms with E-state index in [2.05, 4.69) is 20.6 Å². The van der Waals surface area contributed by atoms with Crippen LogP contribution in [0.4, 0.5) is 9.18 Å². The number of nitrogens with one attached hydrogen (secondary N) is 1. The van der Waals surface area contributed by atoms with Gasteiger partial charge >= 0.3 is 6.03 Å². The third-order valence-corrected chi connectivity index (χ3v) is 4.92. The Labute approximate surface area is 145 Å². The van der Waals surface area contributed by atoms with Crippen molar-refractivity contribution in [2.75, 3.05) is 26.2 Å². The number of hydrogen-bond donors (Lipinski definition) is 1. The molecular weight excluding hydrogens is 327 g/mol. The third-order valence-electron chi connectivity index (χ3n) is 4.10. The van der Waals surface area contributed by atoms with E-state index in [1.807, 2.05) is 6.92 Å². The van der Waals surface area contributed by atoms with E-state index in [0.717, 1.165) is 30.3 Å². The minimum Gasteiger partial charge on any atom is -0.334 e. The monoisotopic (exact) mass is 348 g/mol. The molecule has 1 fully saturated rings. The van der Waals surface area contributed by atoms with Crippen LogP contribution in [-0.2, 0) is 13.1 Å². The SMILES string of the molecule is Cc1nc(CN2CCN(C(=O)NCc3ccccc3F)CC2)cs1. The molecule has 1 aliphatic heterocycles. The molecule has 1 saturated heterocycles. The second kappa shape index (κ2) is 7.72. The average Bonchev–Trinajstić information content (AvgIpc) is 2.99. The fourth-order valence-electron chi connectivity index (χ4n) is 2.74. The van der Waals surface area contributed by atoms with Crippen molar-refractivity contribution in [2.24, 2.45) is 0 Å².